The van der Waals surface area contributed by atoms with Gasteiger partial charge >= 0.3 is 0 Å². The molecule has 0 radical (unpaired) electrons. The highest BCUT2D eigenvalue weighted by molar-refractivity contribution is 6.30. The third-order valence-corrected chi connectivity index (χ3v) is 6.79. The highest BCUT2D eigenvalue weighted by Gasteiger charge is 2.42. The summed E-state index contributed by atoms with van der Waals surface area (Å²) in [6.45, 7) is 4.64. The molecule has 2 N–H and O–H groups in total. The van der Waals surface area contributed by atoms with Crippen molar-refractivity contribution in [3.63, 3.8) is 0 Å². The largest absolute Gasteiger partial charge is 0.370 e. The molecule has 5 heteroatoms. The average Bonchev–Trinajstić information content (AvgIpc) is 3.35. The summed E-state index contributed by atoms with van der Waals surface area (Å²) >= 11 is 6.24. The third kappa shape index (κ3) is 3.47. The number of likely N-dealkylation sites (tertiary alicyclic amines) is 1. The lowest BCUT2D eigenvalue weighted by Crippen LogP contribution is -2.50. The van der Waals surface area contributed by atoms with Crippen LogP contribution in [0, 0.1) is 5.92 Å². The monoisotopic (exact) mass is 382 g/mol. The van der Waals surface area contributed by atoms with E-state index in [1.165, 1.54) is 30.6 Å². The van der Waals surface area contributed by atoms with Gasteiger partial charge in [0.2, 0.25) is 0 Å². The zero-order chi connectivity index (χ0) is 18.2. The SMILES string of the molecule is Clc1cccc(C2NNC3CCN(C4CCN(c5ccccc5)C4)CC32)c1. The summed E-state index contributed by atoms with van der Waals surface area (Å²) in [4.78, 5) is 5.27. The fourth-order valence-electron chi connectivity index (χ4n) is 5.10. The molecular formula is C22H27ClN4. The molecule has 0 saturated carbocycles. The van der Waals surface area contributed by atoms with Crippen LogP contribution in [-0.4, -0.2) is 43.2 Å². The Hall–Kier alpha value is -1.59. The molecule has 0 bridgehead atoms. The number of rotatable bonds is 3. The van der Waals surface area contributed by atoms with Crippen molar-refractivity contribution in [2.24, 2.45) is 5.92 Å². The molecular weight excluding hydrogens is 356 g/mol. The number of hydrazine groups is 1. The van der Waals surface area contributed by atoms with E-state index in [4.69, 9.17) is 11.6 Å². The number of nitrogens with zero attached hydrogens (tertiary/aromatic N) is 2. The Labute approximate surface area is 166 Å². The van der Waals surface area contributed by atoms with Crippen LogP contribution in [0.4, 0.5) is 5.69 Å². The summed E-state index contributed by atoms with van der Waals surface area (Å²) in [6.07, 6.45) is 2.46. The van der Waals surface area contributed by atoms with Gasteiger partial charge in [-0.3, -0.25) is 10.3 Å². The van der Waals surface area contributed by atoms with Gasteiger partial charge in [-0.15, -0.1) is 0 Å². The molecule has 142 valence electrons. The number of anilines is 1. The number of hydrogen-bond acceptors (Lipinski definition) is 4. The van der Waals surface area contributed by atoms with Crippen LogP contribution in [0.5, 0.6) is 0 Å². The highest BCUT2D eigenvalue weighted by atomic mass is 35.5. The maximum absolute atomic E-state index is 6.24. The van der Waals surface area contributed by atoms with Gasteiger partial charge in [-0.25, -0.2) is 5.43 Å². The van der Waals surface area contributed by atoms with Gasteiger partial charge in [0, 0.05) is 54.9 Å². The first kappa shape index (κ1) is 17.5. The summed E-state index contributed by atoms with van der Waals surface area (Å²) in [5, 5.41) is 0.819. The molecule has 3 saturated heterocycles. The third-order valence-electron chi connectivity index (χ3n) is 6.55. The van der Waals surface area contributed by atoms with Crippen LogP contribution >= 0.6 is 11.6 Å². The van der Waals surface area contributed by atoms with E-state index in [1.807, 2.05) is 6.07 Å². The van der Waals surface area contributed by atoms with Crippen LogP contribution < -0.4 is 15.8 Å². The lowest BCUT2D eigenvalue weighted by atomic mass is 9.84. The molecule has 0 amide bonds. The Kier molecular flexibility index (Phi) is 4.82. The Morgan fingerprint density at radius 1 is 0.889 bits per heavy atom. The molecule has 0 aliphatic carbocycles. The molecule has 2 aromatic carbocycles. The summed E-state index contributed by atoms with van der Waals surface area (Å²) in [5.41, 5.74) is 9.73. The summed E-state index contributed by atoms with van der Waals surface area (Å²) in [6, 6.07) is 20.7. The minimum Gasteiger partial charge on any atom is -0.370 e. The van der Waals surface area contributed by atoms with Gasteiger partial charge in [0.25, 0.3) is 0 Å². The number of para-hydroxylation sites is 1. The van der Waals surface area contributed by atoms with E-state index < -0.39 is 0 Å². The molecule has 27 heavy (non-hydrogen) atoms. The van der Waals surface area contributed by atoms with Crippen molar-refractivity contribution in [2.45, 2.75) is 31.0 Å². The van der Waals surface area contributed by atoms with Crippen LogP contribution in [0.2, 0.25) is 5.02 Å². The first-order chi connectivity index (χ1) is 13.3. The molecule has 2 aromatic rings. The van der Waals surface area contributed by atoms with Gasteiger partial charge in [-0.1, -0.05) is 41.9 Å². The Morgan fingerprint density at radius 2 is 1.78 bits per heavy atom. The molecule has 4 atom stereocenters. The maximum atomic E-state index is 6.24. The van der Waals surface area contributed by atoms with Gasteiger partial charge in [0.05, 0.1) is 6.04 Å². The molecule has 3 aliphatic heterocycles. The van der Waals surface area contributed by atoms with E-state index in [0.717, 1.165) is 24.7 Å². The minimum absolute atomic E-state index is 0.336. The van der Waals surface area contributed by atoms with Crippen molar-refractivity contribution >= 4 is 17.3 Å². The Morgan fingerprint density at radius 3 is 2.63 bits per heavy atom. The lowest BCUT2D eigenvalue weighted by Gasteiger charge is -2.39. The average molecular weight is 383 g/mol. The topological polar surface area (TPSA) is 30.5 Å². The summed E-state index contributed by atoms with van der Waals surface area (Å²) < 4.78 is 0. The van der Waals surface area contributed by atoms with Gasteiger partial charge < -0.3 is 4.90 Å². The smallest absolute Gasteiger partial charge is 0.0518 e. The van der Waals surface area contributed by atoms with Crippen molar-refractivity contribution in [3.05, 3.63) is 65.2 Å². The molecule has 0 aromatic heterocycles. The first-order valence-electron chi connectivity index (χ1n) is 10.1. The van der Waals surface area contributed by atoms with Crippen LogP contribution in [0.25, 0.3) is 0 Å². The number of nitrogens with one attached hydrogen (secondary N) is 2. The molecule has 4 unspecified atom stereocenters. The van der Waals surface area contributed by atoms with E-state index in [9.17, 15) is 0 Å². The summed E-state index contributed by atoms with van der Waals surface area (Å²) in [7, 11) is 0. The van der Waals surface area contributed by atoms with E-state index in [-0.39, 0.29) is 0 Å². The van der Waals surface area contributed by atoms with Gasteiger partial charge in [0.1, 0.15) is 0 Å². The quantitative estimate of drug-likeness (QED) is 0.851. The van der Waals surface area contributed by atoms with Gasteiger partial charge in [-0.2, -0.15) is 0 Å². The highest BCUT2D eigenvalue weighted by Crippen LogP contribution is 2.36. The number of fused-ring (bicyclic) bond motifs is 1. The fraction of sp³-hybridized carbons (Fsp3) is 0.455. The van der Waals surface area contributed by atoms with Crippen molar-refractivity contribution in [2.75, 3.05) is 31.1 Å². The molecule has 3 fully saturated rings. The van der Waals surface area contributed by atoms with E-state index in [0.29, 0.717) is 24.0 Å². The van der Waals surface area contributed by atoms with E-state index >= 15 is 0 Å². The van der Waals surface area contributed by atoms with Crippen LogP contribution in [-0.2, 0) is 0 Å². The maximum Gasteiger partial charge on any atom is 0.0518 e. The van der Waals surface area contributed by atoms with Crippen LogP contribution in [0.1, 0.15) is 24.4 Å². The zero-order valence-corrected chi connectivity index (χ0v) is 16.3. The number of hydrogen-bond donors (Lipinski definition) is 2. The normalized spacial score (nSPS) is 31.2. The standard InChI is InChI=1S/C22H27ClN4/c23-17-6-4-5-16(13-17)22-20-15-27(12-10-21(20)24-25-22)19-9-11-26(14-19)18-7-2-1-3-8-18/h1-8,13,19-22,24-25H,9-12,14-15H2. The van der Waals surface area contributed by atoms with Crippen LogP contribution in [0.15, 0.2) is 54.6 Å². The van der Waals surface area contributed by atoms with Crippen molar-refractivity contribution in [1.29, 1.82) is 0 Å². The first-order valence-corrected chi connectivity index (χ1v) is 10.5. The predicted octanol–water partition coefficient (Wildman–Crippen LogP) is 3.46. The Bertz CT molecular complexity index is 783. The Balaban J connectivity index is 1.28. The van der Waals surface area contributed by atoms with Gasteiger partial charge in [-0.05, 0) is 42.7 Å². The molecule has 3 aliphatic rings. The molecule has 5 rings (SSSR count). The second-order valence-electron chi connectivity index (χ2n) is 8.10. The second kappa shape index (κ2) is 7.44. The zero-order valence-electron chi connectivity index (χ0n) is 15.5. The van der Waals surface area contributed by atoms with Gasteiger partial charge in [0.15, 0.2) is 0 Å². The number of piperidine rings is 1. The molecule has 3 heterocycles. The minimum atomic E-state index is 0.336. The van der Waals surface area contributed by atoms with Crippen molar-refractivity contribution in [1.82, 2.24) is 15.8 Å². The number of halogens is 1. The number of benzene rings is 2. The summed E-state index contributed by atoms with van der Waals surface area (Å²) in [5.74, 6) is 0.586. The second-order valence-corrected chi connectivity index (χ2v) is 8.54. The van der Waals surface area contributed by atoms with E-state index in [1.54, 1.807) is 0 Å². The van der Waals surface area contributed by atoms with E-state index in [2.05, 4.69) is 69.2 Å². The predicted molar refractivity (Wildman–Crippen MR) is 111 cm³/mol. The lowest BCUT2D eigenvalue weighted by molar-refractivity contribution is 0.117. The van der Waals surface area contributed by atoms with Crippen molar-refractivity contribution < 1.29 is 0 Å². The molecule has 0 spiro atoms. The van der Waals surface area contributed by atoms with Crippen LogP contribution in [0.3, 0.4) is 0 Å². The van der Waals surface area contributed by atoms with Crippen molar-refractivity contribution in [3.8, 4) is 0 Å². The fourth-order valence-corrected chi connectivity index (χ4v) is 5.30. The molecule has 4 nitrogen and oxygen atoms in total.